The number of aromatic nitrogens is 1. The molecule has 3 heterocycles. The van der Waals surface area contributed by atoms with Gasteiger partial charge < -0.3 is 19.3 Å². The summed E-state index contributed by atoms with van der Waals surface area (Å²) in [5, 5.41) is 8.99. The van der Waals surface area contributed by atoms with Crippen LogP contribution in [-0.4, -0.2) is 60.8 Å². The zero-order valence-corrected chi connectivity index (χ0v) is 17.3. The van der Waals surface area contributed by atoms with Gasteiger partial charge in [-0.3, -0.25) is 4.79 Å². The molecule has 0 radical (unpaired) electrons. The molecule has 2 bridgehead atoms. The van der Waals surface area contributed by atoms with Crippen molar-refractivity contribution in [1.29, 1.82) is 5.26 Å². The summed E-state index contributed by atoms with van der Waals surface area (Å²) in [5.74, 6) is -1.18. The summed E-state index contributed by atoms with van der Waals surface area (Å²) in [4.78, 5) is 21.3. The van der Waals surface area contributed by atoms with E-state index in [1.807, 2.05) is 6.07 Å². The van der Waals surface area contributed by atoms with Gasteiger partial charge in [-0.25, -0.2) is 13.8 Å². The summed E-state index contributed by atoms with van der Waals surface area (Å²) in [6.45, 7) is 1.77. The molecule has 1 saturated carbocycles. The van der Waals surface area contributed by atoms with Gasteiger partial charge in [-0.05, 0) is 42.7 Å². The highest BCUT2D eigenvalue weighted by Gasteiger charge is 2.47. The van der Waals surface area contributed by atoms with Gasteiger partial charge in [-0.15, -0.1) is 0 Å². The molecule has 1 amide bonds. The maximum absolute atomic E-state index is 13.6. The molecule has 7 nitrogen and oxygen atoms in total. The maximum Gasteiger partial charge on any atom is 0.248 e. The molecule has 2 aromatic rings. The van der Waals surface area contributed by atoms with Crippen molar-refractivity contribution < 1.29 is 23.0 Å². The standard InChI is InChI=1S/C23H22F2N4O3/c24-19-3-2-16(7-20(19)25)23(5-6-23)32-14-22(30)28-10-17-12-31-13-18(11-28)29(17)21-4-1-15(8-26)9-27-21/h1-4,7,9,17-18H,5-6,10-14H2/t17-,18?/m1/s1. The monoisotopic (exact) mass is 440 g/mol. The molecule has 3 fully saturated rings. The number of anilines is 1. The quantitative estimate of drug-likeness (QED) is 0.710. The molecule has 2 aliphatic heterocycles. The van der Waals surface area contributed by atoms with E-state index in [4.69, 9.17) is 14.7 Å². The number of nitriles is 1. The fourth-order valence-electron chi connectivity index (χ4n) is 4.55. The Hall–Kier alpha value is -3.09. The minimum absolute atomic E-state index is 0.0482. The van der Waals surface area contributed by atoms with Crippen molar-refractivity contribution in [2.24, 2.45) is 0 Å². The fourth-order valence-corrected chi connectivity index (χ4v) is 4.55. The number of pyridine rings is 1. The molecule has 1 aliphatic carbocycles. The summed E-state index contributed by atoms with van der Waals surface area (Å²) in [7, 11) is 0. The van der Waals surface area contributed by atoms with Crippen molar-refractivity contribution in [2.75, 3.05) is 37.8 Å². The second-order valence-corrected chi connectivity index (χ2v) is 8.48. The average Bonchev–Trinajstić information content (AvgIpc) is 3.59. The smallest absolute Gasteiger partial charge is 0.248 e. The number of amides is 1. The number of rotatable bonds is 5. The van der Waals surface area contributed by atoms with E-state index < -0.39 is 17.2 Å². The van der Waals surface area contributed by atoms with Crippen molar-refractivity contribution in [3.63, 3.8) is 0 Å². The van der Waals surface area contributed by atoms with Crippen LogP contribution in [0, 0.1) is 23.0 Å². The number of halogens is 2. The minimum Gasteiger partial charge on any atom is -0.377 e. The molecular formula is C23H22F2N4O3. The first-order chi connectivity index (χ1) is 15.5. The first-order valence-electron chi connectivity index (χ1n) is 10.6. The fraction of sp³-hybridized carbons (Fsp3) is 0.435. The molecule has 5 rings (SSSR count). The highest BCUT2D eigenvalue weighted by Crippen LogP contribution is 2.49. The van der Waals surface area contributed by atoms with Crippen LogP contribution in [0.4, 0.5) is 14.6 Å². The number of piperazine rings is 1. The Labute approximate surface area is 184 Å². The lowest BCUT2D eigenvalue weighted by atomic mass is 10.0. The molecular weight excluding hydrogens is 418 g/mol. The molecule has 32 heavy (non-hydrogen) atoms. The number of hydrogen-bond acceptors (Lipinski definition) is 6. The largest absolute Gasteiger partial charge is 0.377 e. The van der Waals surface area contributed by atoms with Gasteiger partial charge in [0.05, 0.1) is 36.5 Å². The number of nitrogens with zero attached hydrogens (tertiary/aromatic N) is 4. The summed E-state index contributed by atoms with van der Waals surface area (Å²) in [6, 6.07) is 9.28. The molecule has 2 saturated heterocycles. The van der Waals surface area contributed by atoms with Gasteiger partial charge in [0.2, 0.25) is 5.91 Å². The van der Waals surface area contributed by atoms with E-state index in [1.165, 1.54) is 6.07 Å². The molecule has 0 spiro atoms. The zero-order chi connectivity index (χ0) is 22.3. The van der Waals surface area contributed by atoms with Crippen molar-refractivity contribution in [2.45, 2.75) is 30.5 Å². The van der Waals surface area contributed by atoms with Crippen LogP contribution in [0.1, 0.15) is 24.0 Å². The number of carbonyl (C=O) groups excluding carboxylic acids is 1. The third kappa shape index (κ3) is 3.80. The van der Waals surface area contributed by atoms with Gasteiger partial charge in [-0.2, -0.15) is 5.26 Å². The zero-order valence-electron chi connectivity index (χ0n) is 17.3. The minimum atomic E-state index is -0.913. The van der Waals surface area contributed by atoms with E-state index in [0.29, 0.717) is 50.3 Å². The molecule has 0 N–H and O–H groups in total. The number of morpholine rings is 1. The summed E-state index contributed by atoms with van der Waals surface area (Å²) in [6.07, 6.45) is 2.88. The number of ether oxygens (including phenoxy) is 2. The second-order valence-electron chi connectivity index (χ2n) is 8.48. The summed E-state index contributed by atoms with van der Waals surface area (Å²) < 4.78 is 38.5. The molecule has 166 valence electrons. The lowest BCUT2D eigenvalue weighted by Gasteiger charge is -2.50. The first kappa shape index (κ1) is 20.8. The van der Waals surface area contributed by atoms with Gasteiger partial charge in [-0.1, -0.05) is 6.07 Å². The van der Waals surface area contributed by atoms with Crippen LogP contribution < -0.4 is 4.90 Å². The van der Waals surface area contributed by atoms with E-state index in [9.17, 15) is 13.6 Å². The number of hydrogen-bond donors (Lipinski definition) is 0. The SMILES string of the molecule is N#Cc1ccc(N2C3COC[C@H]2CN(C(=O)COC2(c4ccc(F)c(F)c4)CC2)C3)nc1. The molecule has 2 atom stereocenters. The van der Waals surface area contributed by atoms with Gasteiger partial charge in [0.1, 0.15) is 18.5 Å². The van der Waals surface area contributed by atoms with E-state index in [1.54, 1.807) is 17.2 Å². The van der Waals surface area contributed by atoms with Crippen LogP contribution in [0.5, 0.6) is 0 Å². The number of carbonyl (C=O) groups is 1. The second kappa shape index (κ2) is 8.11. The Bertz CT molecular complexity index is 1050. The molecule has 3 aliphatic rings. The molecule has 1 aromatic carbocycles. The van der Waals surface area contributed by atoms with Crippen LogP contribution in [0.15, 0.2) is 36.5 Å². The molecule has 9 heteroatoms. The van der Waals surface area contributed by atoms with E-state index >= 15 is 0 Å². The topological polar surface area (TPSA) is 78.7 Å². The lowest BCUT2D eigenvalue weighted by molar-refractivity contribution is -0.142. The third-order valence-electron chi connectivity index (χ3n) is 6.39. The van der Waals surface area contributed by atoms with Crippen molar-refractivity contribution in [1.82, 2.24) is 9.88 Å². The first-order valence-corrected chi connectivity index (χ1v) is 10.6. The molecule has 1 aromatic heterocycles. The van der Waals surface area contributed by atoms with Crippen LogP contribution >= 0.6 is 0 Å². The summed E-state index contributed by atoms with van der Waals surface area (Å²) in [5.41, 5.74) is 0.347. The van der Waals surface area contributed by atoms with Gasteiger partial charge >= 0.3 is 0 Å². The molecule has 1 unspecified atom stereocenters. The Balaban J connectivity index is 1.24. The van der Waals surface area contributed by atoms with Crippen molar-refractivity contribution >= 4 is 11.7 Å². The van der Waals surface area contributed by atoms with E-state index in [0.717, 1.165) is 18.0 Å². The predicted molar refractivity (Wildman–Crippen MR) is 110 cm³/mol. The predicted octanol–water partition coefficient (Wildman–Crippen LogP) is 2.35. The normalized spacial score (nSPS) is 23.5. The Kier molecular flexibility index (Phi) is 5.27. The lowest BCUT2D eigenvalue weighted by Crippen LogP contribution is -2.66. The van der Waals surface area contributed by atoms with Gasteiger partial charge in [0.25, 0.3) is 0 Å². The van der Waals surface area contributed by atoms with Crippen LogP contribution in [-0.2, 0) is 19.9 Å². The number of benzene rings is 1. The van der Waals surface area contributed by atoms with Crippen LogP contribution in [0.2, 0.25) is 0 Å². The Morgan fingerprint density at radius 1 is 1.19 bits per heavy atom. The van der Waals surface area contributed by atoms with E-state index in [-0.39, 0.29) is 24.6 Å². The Morgan fingerprint density at radius 3 is 2.53 bits per heavy atom. The van der Waals surface area contributed by atoms with Gasteiger partial charge in [0.15, 0.2) is 11.6 Å². The third-order valence-corrected chi connectivity index (χ3v) is 6.39. The highest BCUT2D eigenvalue weighted by molar-refractivity contribution is 5.78. The van der Waals surface area contributed by atoms with E-state index in [2.05, 4.69) is 16.0 Å². The van der Waals surface area contributed by atoms with Crippen molar-refractivity contribution in [3.8, 4) is 6.07 Å². The van der Waals surface area contributed by atoms with Crippen LogP contribution in [0.25, 0.3) is 0 Å². The average molecular weight is 440 g/mol. The Morgan fingerprint density at radius 2 is 1.94 bits per heavy atom. The number of fused-ring (bicyclic) bond motifs is 2. The van der Waals surface area contributed by atoms with Gasteiger partial charge in [0, 0.05) is 19.3 Å². The van der Waals surface area contributed by atoms with Crippen molar-refractivity contribution in [3.05, 3.63) is 59.3 Å². The maximum atomic E-state index is 13.6. The summed E-state index contributed by atoms with van der Waals surface area (Å²) >= 11 is 0. The van der Waals surface area contributed by atoms with Crippen LogP contribution in [0.3, 0.4) is 0 Å². The highest BCUT2D eigenvalue weighted by atomic mass is 19.2.